The molecule has 0 saturated heterocycles. The number of carbonyl (C=O) groups is 1. The van der Waals surface area contributed by atoms with Crippen molar-refractivity contribution < 1.29 is 28.2 Å². The summed E-state index contributed by atoms with van der Waals surface area (Å²) in [4.78, 5) is 13.2. The van der Waals surface area contributed by atoms with Gasteiger partial charge in [-0.15, -0.1) is 0 Å². The summed E-state index contributed by atoms with van der Waals surface area (Å²) in [6.07, 6.45) is 5.37. The molecule has 29 heavy (non-hydrogen) atoms. The van der Waals surface area contributed by atoms with Crippen LogP contribution in [-0.2, 0) is 11.3 Å². The highest BCUT2D eigenvalue weighted by molar-refractivity contribution is 6.01. The molecule has 0 radical (unpaired) electrons. The fraction of sp³-hybridized carbons (Fsp3) is 0.261. The predicted molar refractivity (Wildman–Crippen MR) is 111 cm³/mol. The molecular weight excluding hydrogens is 370 g/mol. The lowest BCUT2D eigenvalue weighted by atomic mass is 10.1. The Balaban J connectivity index is 2.12. The van der Waals surface area contributed by atoms with E-state index in [1.807, 2.05) is 36.5 Å². The minimum Gasteiger partial charge on any atom is -0.493 e. The minimum absolute atomic E-state index is 0.0283. The quantitative estimate of drug-likeness (QED) is 0.505. The van der Waals surface area contributed by atoms with Crippen molar-refractivity contribution in [3.63, 3.8) is 0 Å². The van der Waals surface area contributed by atoms with E-state index in [0.29, 0.717) is 36.1 Å². The van der Waals surface area contributed by atoms with E-state index < -0.39 is 0 Å². The Morgan fingerprint density at radius 1 is 0.862 bits per heavy atom. The molecule has 0 N–H and O–H groups in total. The number of ether oxygens (including phenoxy) is 4. The number of rotatable bonds is 8. The van der Waals surface area contributed by atoms with Gasteiger partial charge >= 0.3 is 5.91 Å². The number of amides is 1. The number of hydrogen-bond donors (Lipinski definition) is 0. The first-order valence-corrected chi connectivity index (χ1v) is 9.20. The summed E-state index contributed by atoms with van der Waals surface area (Å²) in [5.74, 6) is 2.45. The van der Waals surface area contributed by atoms with Crippen LogP contribution in [0.2, 0.25) is 0 Å². The van der Waals surface area contributed by atoms with E-state index in [1.54, 1.807) is 40.6 Å². The molecule has 0 bridgehead atoms. The largest absolute Gasteiger partial charge is 0.493 e. The number of methoxy groups -OCH3 is 4. The van der Waals surface area contributed by atoms with Crippen molar-refractivity contribution in [3.05, 3.63) is 59.0 Å². The molecule has 1 amide bonds. The van der Waals surface area contributed by atoms with Gasteiger partial charge in [0.1, 0.15) is 19.3 Å². The maximum atomic E-state index is 13.2. The Bertz CT molecular complexity index is 1060. The normalized spacial score (nSPS) is 17.4. The van der Waals surface area contributed by atoms with Crippen molar-refractivity contribution in [1.82, 2.24) is 0 Å². The van der Waals surface area contributed by atoms with Gasteiger partial charge in [0, 0.05) is 16.0 Å². The molecule has 6 heteroatoms. The molecule has 1 heterocycles. The van der Waals surface area contributed by atoms with Crippen LogP contribution in [0, 0.1) is 0 Å². The third-order valence-electron chi connectivity index (χ3n) is 5.06. The molecule has 0 saturated carbocycles. The van der Waals surface area contributed by atoms with Gasteiger partial charge in [0.2, 0.25) is 0 Å². The van der Waals surface area contributed by atoms with Crippen LogP contribution in [0.1, 0.15) is 5.56 Å². The summed E-state index contributed by atoms with van der Waals surface area (Å²) < 4.78 is 21.6. The highest BCUT2D eigenvalue weighted by atomic mass is 16.5. The summed E-state index contributed by atoms with van der Waals surface area (Å²) in [6, 6.07) is 9.39. The maximum Gasteiger partial charge on any atom is 0.344 e. The second-order valence-electron chi connectivity index (χ2n) is 6.80. The zero-order valence-corrected chi connectivity index (χ0v) is 17.2. The Hall–Kier alpha value is -3.25. The molecule has 2 aromatic rings. The van der Waals surface area contributed by atoms with E-state index in [1.165, 1.54) is 0 Å². The van der Waals surface area contributed by atoms with Crippen molar-refractivity contribution in [2.45, 2.75) is 6.54 Å². The lowest BCUT2D eigenvalue weighted by Gasteiger charge is -2.32. The van der Waals surface area contributed by atoms with Crippen molar-refractivity contribution in [1.29, 1.82) is 0 Å². The molecule has 0 spiro atoms. The van der Waals surface area contributed by atoms with E-state index in [9.17, 15) is 4.79 Å². The van der Waals surface area contributed by atoms with E-state index in [4.69, 9.17) is 18.9 Å². The van der Waals surface area contributed by atoms with Crippen molar-refractivity contribution in [2.24, 2.45) is 0 Å². The summed E-state index contributed by atoms with van der Waals surface area (Å²) in [7, 11) is 6.36. The molecule has 0 fully saturated rings. The van der Waals surface area contributed by atoms with Crippen LogP contribution >= 0.6 is 0 Å². The van der Waals surface area contributed by atoms with Crippen LogP contribution in [0.25, 0.3) is 12.3 Å². The smallest absolute Gasteiger partial charge is 0.344 e. The van der Waals surface area contributed by atoms with Gasteiger partial charge in [-0.3, -0.25) is 0 Å². The minimum atomic E-state index is -0.0283. The average molecular weight is 396 g/mol. The van der Waals surface area contributed by atoms with Crippen LogP contribution in [0.15, 0.2) is 43.0 Å². The molecular formula is C23H26NO5+. The molecule has 2 aromatic carbocycles. The first kappa shape index (κ1) is 20.5. The van der Waals surface area contributed by atoms with E-state index in [-0.39, 0.29) is 10.4 Å². The fourth-order valence-corrected chi connectivity index (χ4v) is 3.60. The Morgan fingerprint density at radius 2 is 1.45 bits per heavy atom. The maximum absolute atomic E-state index is 13.2. The van der Waals surface area contributed by atoms with Crippen LogP contribution in [0.4, 0.5) is 0 Å². The molecule has 1 atom stereocenters. The number of carbonyl (C=O) groups excluding carboxylic acids is 1. The molecule has 0 aromatic heterocycles. The van der Waals surface area contributed by atoms with E-state index in [0.717, 1.165) is 16.0 Å². The van der Waals surface area contributed by atoms with Gasteiger partial charge in [0.25, 0.3) is 0 Å². The molecule has 6 nitrogen and oxygen atoms in total. The summed E-state index contributed by atoms with van der Waals surface area (Å²) in [6.45, 7) is 4.77. The zero-order valence-electron chi connectivity index (χ0n) is 17.2. The SMILES string of the molecule is C=CC[N+]1(Cc2ccc(OC)c(OC)c2)C=c2cc(OC)c(OC)cc2=CC1=O. The van der Waals surface area contributed by atoms with Gasteiger partial charge in [0.15, 0.2) is 23.0 Å². The van der Waals surface area contributed by atoms with Crippen LogP contribution in [0.5, 0.6) is 23.0 Å². The Kier molecular flexibility index (Phi) is 5.94. The molecule has 1 aliphatic rings. The van der Waals surface area contributed by atoms with Crippen LogP contribution in [-0.4, -0.2) is 45.4 Å². The van der Waals surface area contributed by atoms with Gasteiger partial charge in [-0.25, -0.2) is 9.28 Å². The zero-order chi connectivity index (χ0) is 21.0. The highest BCUT2D eigenvalue weighted by Gasteiger charge is 2.35. The fourth-order valence-electron chi connectivity index (χ4n) is 3.60. The number of hydrogen-bond acceptors (Lipinski definition) is 5. The standard InChI is InChI=1S/C23H26NO5/c1-6-9-24(14-16-7-8-19(26-2)20(10-16)27-3)15-18-12-22(29-5)21(28-4)11-17(18)13-23(24)25/h6-8,10-13,15H,1,9,14H2,2-5H3/q+1. The first-order chi connectivity index (χ1) is 14.0. The predicted octanol–water partition coefficient (Wildman–Crippen LogP) is 1.98. The third-order valence-corrected chi connectivity index (χ3v) is 5.06. The van der Waals surface area contributed by atoms with E-state index in [2.05, 4.69) is 6.58 Å². The summed E-state index contributed by atoms with van der Waals surface area (Å²) >= 11 is 0. The van der Waals surface area contributed by atoms with Crippen molar-refractivity contribution in [2.75, 3.05) is 35.0 Å². The Morgan fingerprint density at radius 3 is 2.03 bits per heavy atom. The monoisotopic (exact) mass is 396 g/mol. The van der Waals surface area contributed by atoms with Gasteiger partial charge in [-0.05, 0) is 36.4 Å². The van der Waals surface area contributed by atoms with Crippen molar-refractivity contribution in [3.8, 4) is 23.0 Å². The topological polar surface area (TPSA) is 54.0 Å². The second kappa shape index (κ2) is 8.41. The van der Waals surface area contributed by atoms with Crippen molar-refractivity contribution >= 4 is 18.2 Å². The van der Waals surface area contributed by atoms with Crippen LogP contribution < -0.4 is 29.4 Å². The van der Waals surface area contributed by atoms with Crippen LogP contribution in [0.3, 0.4) is 0 Å². The lowest BCUT2D eigenvalue weighted by Crippen LogP contribution is -2.52. The molecule has 0 aliphatic carbocycles. The lowest BCUT2D eigenvalue weighted by molar-refractivity contribution is -0.779. The number of fused-ring (bicyclic) bond motifs is 1. The highest BCUT2D eigenvalue weighted by Crippen LogP contribution is 2.30. The number of benzene rings is 2. The first-order valence-electron chi connectivity index (χ1n) is 9.20. The molecule has 1 aliphatic heterocycles. The summed E-state index contributed by atoms with van der Waals surface area (Å²) in [5, 5.41) is 1.71. The van der Waals surface area contributed by atoms with Gasteiger partial charge < -0.3 is 18.9 Å². The Labute approximate surface area is 170 Å². The molecule has 1 unspecified atom stereocenters. The van der Waals surface area contributed by atoms with E-state index >= 15 is 0 Å². The molecule has 3 rings (SSSR count). The summed E-state index contributed by atoms with van der Waals surface area (Å²) in [5.41, 5.74) is 0.950. The van der Waals surface area contributed by atoms with Gasteiger partial charge in [-0.2, -0.15) is 0 Å². The third kappa shape index (κ3) is 3.84. The average Bonchev–Trinajstić information content (AvgIpc) is 2.73. The van der Waals surface area contributed by atoms with Gasteiger partial charge in [-0.1, -0.05) is 6.58 Å². The number of quaternary nitrogens is 1. The van der Waals surface area contributed by atoms with Gasteiger partial charge in [0.05, 0.1) is 34.5 Å². The second-order valence-corrected chi connectivity index (χ2v) is 6.80. The molecule has 152 valence electrons. The number of nitrogens with zero attached hydrogens (tertiary/aromatic N) is 1.